The number of nitrogens with two attached hydrogens (primary N) is 1. The zero-order valence-electron chi connectivity index (χ0n) is 12.4. The van der Waals surface area contributed by atoms with Crippen LogP contribution in [-0.2, 0) is 6.42 Å². The summed E-state index contributed by atoms with van der Waals surface area (Å²) in [6, 6.07) is 9.50. The van der Waals surface area contributed by atoms with Gasteiger partial charge in [0.25, 0.3) is 0 Å². The number of nitrogens with one attached hydrogen (secondary N) is 1. The van der Waals surface area contributed by atoms with Gasteiger partial charge in [0.2, 0.25) is 0 Å². The minimum Gasteiger partial charge on any atom is -0.455 e. The molecule has 0 atom stereocenters. The van der Waals surface area contributed by atoms with E-state index in [9.17, 15) is 0 Å². The highest BCUT2D eigenvalue weighted by Crippen LogP contribution is 2.32. The lowest BCUT2D eigenvalue weighted by Crippen LogP contribution is -2.14. The molecule has 1 aromatic heterocycles. The molecular formula is C16H19N3OS. The van der Waals surface area contributed by atoms with Crippen LogP contribution in [0.15, 0.2) is 35.2 Å². The highest BCUT2D eigenvalue weighted by Gasteiger charge is 2.14. The van der Waals surface area contributed by atoms with Crippen molar-refractivity contribution in [2.45, 2.75) is 25.2 Å². The van der Waals surface area contributed by atoms with Crippen LogP contribution >= 0.6 is 11.8 Å². The van der Waals surface area contributed by atoms with E-state index in [1.54, 1.807) is 11.8 Å². The molecule has 110 valence electrons. The number of aromatic nitrogens is 1. The second-order valence-electron chi connectivity index (χ2n) is 4.60. The molecular weight excluding hydrogens is 282 g/mol. The van der Waals surface area contributed by atoms with Gasteiger partial charge < -0.3 is 10.5 Å². The summed E-state index contributed by atoms with van der Waals surface area (Å²) in [6.07, 6.45) is 2.74. The molecule has 1 aromatic carbocycles. The van der Waals surface area contributed by atoms with Crippen molar-refractivity contribution in [3.8, 4) is 11.5 Å². The molecule has 5 heteroatoms. The molecule has 1 heterocycles. The number of aryl methyl sites for hydroxylation is 2. The molecule has 4 nitrogen and oxygen atoms in total. The summed E-state index contributed by atoms with van der Waals surface area (Å²) >= 11 is 1.54. The van der Waals surface area contributed by atoms with Gasteiger partial charge in [-0.25, -0.2) is 0 Å². The van der Waals surface area contributed by atoms with Gasteiger partial charge in [0.15, 0.2) is 0 Å². The Bertz CT molecular complexity index is 671. The quantitative estimate of drug-likeness (QED) is 0.501. The summed E-state index contributed by atoms with van der Waals surface area (Å²) in [6.45, 7) is 4.00. The van der Waals surface area contributed by atoms with Gasteiger partial charge in [-0.15, -0.1) is 11.8 Å². The average molecular weight is 301 g/mol. The highest BCUT2D eigenvalue weighted by molar-refractivity contribution is 7.98. The Morgan fingerprint density at radius 1 is 1.29 bits per heavy atom. The third-order valence-corrected chi connectivity index (χ3v) is 3.88. The SMILES string of the molecule is CCc1nc(C)ccc1Oc1cccc(SC)c1C(=N)N. The molecule has 2 aromatic rings. The Morgan fingerprint density at radius 3 is 2.67 bits per heavy atom. The number of rotatable bonds is 5. The summed E-state index contributed by atoms with van der Waals surface area (Å²) < 4.78 is 5.99. The summed E-state index contributed by atoms with van der Waals surface area (Å²) in [7, 11) is 0. The zero-order valence-corrected chi connectivity index (χ0v) is 13.3. The van der Waals surface area contributed by atoms with Crippen molar-refractivity contribution in [1.29, 1.82) is 5.41 Å². The number of ether oxygens (including phenoxy) is 1. The number of nitrogens with zero attached hydrogens (tertiary/aromatic N) is 1. The number of amidine groups is 1. The topological polar surface area (TPSA) is 72.0 Å². The number of pyridine rings is 1. The number of benzene rings is 1. The van der Waals surface area contributed by atoms with E-state index in [0.29, 0.717) is 17.1 Å². The number of nitrogen functional groups attached to an aromatic ring is 1. The van der Waals surface area contributed by atoms with Crippen LogP contribution in [0.4, 0.5) is 0 Å². The lowest BCUT2D eigenvalue weighted by Gasteiger charge is -2.15. The van der Waals surface area contributed by atoms with Gasteiger partial charge >= 0.3 is 0 Å². The number of hydrogen-bond acceptors (Lipinski definition) is 4. The fraction of sp³-hybridized carbons (Fsp3) is 0.250. The lowest BCUT2D eigenvalue weighted by atomic mass is 10.1. The van der Waals surface area contributed by atoms with Gasteiger partial charge in [-0.1, -0.05) is 13.0 Å². The van der Waals surface area contributed by atoms with Crippen LogP contribution in [0.5, 0.6) is 11.5 Å². The molecule has 0 amide bonds. The van der Waals surface area contributed by atoms with E-state index in [0.717, 1.165) is 22.7 Å². The predicted molar refractivity (Wildman–Crippen MR) is 87.7 cm³/mol. The third kappa shape index (κ3) is 3.36. The second kappa shape index (κ2) is 6.63. The number of thioether (sulfide) groups is 1. The van der Waals surface area contributed by atoms with Gasteiger partial charge in [0.1, 0.15) is 17.3 Å². The predicted octanol–water partition coefficient (Wildman–Crippen LogP) is 3.75. The van der Waals surface area contributed by atoms with E-state index >= 15 is 0 Å². The third-order valence-electron chi connectivity index (χ3n) is 3.10. The molecule has 0 fully saturated rings. The van der Waals surface area contributed by atoms with E-state index in [2.05, 4.69) is 4.98 Å². The molecule has 0 unspecified atom stereocenters. The van der Waals surface area contributed by atoms with Crippen LogP contribution < -0.4 is 10.5 Å². The number of hydrogen-bond donors (Lipinski definition) is 2. The molecule has 0 saturated heterocycles. The van der Waals surface area contributed by atoms with Crippen LogP contribution in [0.3, 0.4) is 0 Å². The average Bonchev–Trinajstić information content (AvgIpc) is 2.48. The first-order chi connectivity index (χ1) is 10.1. The molecule has 0 radical (unpaired) electrons. The largest absolute Gasteiger partial charge is 0.455 e. The fourth-order valence-corrected chi connectivity index (χ4v) is 2.72. The molecule has 0 bridgehead atoms. The van der Waals surface area contributed by atoms with Gasteiger partial charge in [0, 0.05) is 10.6 Å². The van der Waals surface area contributed by atoms with E-state index < -0.39 is 0 Å². The maximum absolute atomic E-state index is 7.79. The maximum Gasteiger partial charge on any atom is 0.148 e. The molecule has 0 aliphatic carbocycles. The molecule has 3 N–H and O–H groups in total. The monoisotopic (exact) mass is 301 g/mol. The minimum absolute atomic E-state index is 0.00747. The van der Waals surface area contributed by atoms with Crippen molar-refractivity contribution in [3.63, 3.8) is 0 Å². The standard InChI is InChI=1S/C16H19N3OS/c1-4-11-12(9-8-10(2)19-11)20-13-6-5-7-14(21-3)15(13)16(17)18/h5-9H,4H2,1-3H3,(H3,17,18). The Morgan fingerprint density at radius 2 is 2.05 bits per heavy atom. The fourth-order valence-electron chi connectivity index (χ4n) is 2.09. The molecule has 0 aliphatic rings. The summed E-state index contributed by atoms with van der Waals surface area (Å²) in [5, 5.41) is 7.79. The Labute approximate surface area is 129 Å². The van der Waals surface area contributed by atoms with Crippen molar-refractivity contribution in [2.75, 3.05) is 6.26 Å². The molecule has 0 aliphatic heterocycles. The van der Waals surface area contributed by atoms with Crippen molar-refractivity contribution in [3.05, 3.63) is 47.3 Å². The first-order valence-corrected chi connectivity index (χ1v) is 7.95. The lowest BCUT2D eigenvalue weighted by molar-refractivity contribution is 0.470. The van der Waals surface area contributed by atoms with Gasteiger partial charge in [-0.3, -0.25) is 10.4 Å². The van der Waals surface area contributed by atoms with Gasteiger partial charge in [0.05, 0.1) is 11.3 Å². The molecule has 2 rings (SSSR count). The maximum atomic E-state index is 7.79. The first kappa shape index (κ1) is 15.4. The summed E-state index contributed by atoms with van der Waals surface area (Å²) in [5.74, 6) is 1.31. The Kier molecular flexibility index (Phi) is 4.85. The van der Waals surface area contributed by atoms with Gasteiger partial charge in [-0.2, -0.15) is 0 Å². The Hall–Kier alpha value is -2.01. The van der Waals surface area contributed by atoms with Crippen LogP contribution in [0.1, 0.15) is 23.9 Å². The summed E-state index contributed by atoms with van der Waals surface area (Å²) in [4.78, 5) is 5.42. The highest BCUT2D eigenvalue weighted by atomic mass is 32.2. The van der Waals surface area contributed by atoms with Crippen molar-refractivity contribution >= 4 is 17.6 Å². The van der Waals surface area contributed by atoms with Crippen molar-refractivity contribution in [1.82, 2.24) is 4.98 Å². The summed E-state index contributed by atoms with van der Waals surface area (Å²) in [5.41, 5.74) is 8.21. The van der Waals surface area contributed by atoms with E-state index in [1.165, 1.54) is 0 Å². The normalized spacial score (nSPS) is 10.4. The first-order valence-electron chi connectivity index (χ1n) is 6.72. The van der Waals surface area contributed by atoms with Crippen molar-refractivity contribution in [2.24, 2.45) is 5.73 Å². The van der Waals surface area contributed by atoms with E-state index in [-0.39, 0.29) is 5.84 Å². The molecule has 21 heavy (non-hydrogen) atoms. The van der Waals surface area contributed by atoms with E-state index in [4.69, 9.17) is 15.9 Å². The van der Waals surface area contributed by atoms with Crippen LogP contribution in [-0.4, -0.2) is 17.1 Å². The van der Waals surface area contributed by atoms with Crippen LogP contribution in [0.25, 0.3) is 0 Å². The zero-order chi connectivity index (χ0) is 15.4. The minimum atomic E-state index is 0.00747. The van der Waals surface area contributed by atoms with Crippen molar-refractivity contribution < 1.29 is 4.74 Å². The molecule has 0 saturated carbocycles. The smallest absolute Gasteiger partial charge is 0.148 e. The van der Waals surface area contributed by atoms with E-state index in [1.807, 2.05) is 50.4 Å². The Balaban J connectivity index is 2.47. The van der Waals surface area contributed by atoms with Crippen LogP contribution in [0.2, 0.25) is 0 Å². The van der Waals surface area contributed by atoms with Gasteiger partial charge in [-0.05, 0) is 43.9 Å². The molecule has 0 spiro atoms. The second-order valence-corrected chi connectivity index (χ2v) is 5.45. The van der Waals surface area contributed by atoms with Crippen LogP contribution in [0, 0.1) is 12.3 Å².